The van der Waals surface area contributed by atoms with Crippen molar-refractivity contribution in [2.75, 3.05) is 13.2 Å². The summed E-state index contributed by atoms with van der Waals surface area (Å²) in [5, 5.41) is 23.4. The summed E-state index contributed by atoms with van der Waals surface area (Å²) < 4.78 is 5.47. The predicted octanol–water partition coefficient (Wildman–Crippen LogP) is 21.0. The Balaban J connectivity index is 3.48. The zero-order chi connectivity index (χ0) is 52.9. The molecule has 0 aromatic heterocycles. The van der Waals surface area contributed by atoms with E-state index in [1.54, 1.807) is 0 Å². The molecule has 6 heteroatoms. The van der Waals surface area contributed by atoms with E-state index >= 15 is 0 Å². The molecule has 0 aromatic carbocycles. The lowest BCUT2D eigenvalue weighted by Gasteiger charge is -2.22. The van der Waals surface area contributed by atoms with Crippen LogP contribution in [0.25, 0.3) is 0 Å². The second kappa shape index (κ2) is 62.9. The minimum atomic E-state index is -0.680. The molecule has 0 fully saturated rings. The minimum absolute atomic E-state index is 0.0166. The standard InChI is InChI=1S/C67H129NO5/c1-3-5-7-9-11-13-15-17-19-21-22-23-24-25-26-27-29-31-35-39-43-47-51-55-59-65(70)64(63-69)68-66(71)60-56-52-48-44-40-36-32-30-34-38-42-46-50-54-58-62-73-67(72)61-57-53-49-45-41-37-33-28-20-18-16-14-12-10-8-6-4-2/h30,34,38,42,64-65,69-70H,3-29,31-33,35-37,39-41,43-63H2,1-2H3,(H,68,71)/b34-30-,42-38-. The number of aliphatic hydroxyl groups excluding tert-OH is 2. The summed E-state index contributed by atoms with van der Waals surface area (Å²) >= 11 is 0. The molecule has 0 heterocycles. The first-order chi connectivity index (χ1) is 36.0. The van der Waals surface area contributed by atoms with Crippen molar-refractivity contribution in [3.8, 4) is 0 Å². The molecular weight excluding hydrogens is 899 g/mol. The molecule has 0 aromatic rings. The van der Waals surface area contributed by atoms with Crippen LogP contribution in [0.3, 0.4) is 0 Å². The van der Waals surface area contributed by atoms with Crippen LogP contribution < -0.4 is 5.32 Å². The highest BCUT2D eigenvalue weighted by Gasteiger charge is 2.20. The number of hydrogen-bond donors (Lipinski definition) is 3. The van der Waals surface area contributed by atoms with Crippen LogP contribution in [0.4, 0.5) is 0 Å². The number of carbonyl (C=O) groups is 2. The maximum absolute atomic E-state index is 12.5. The third-order valence-electron chi connectivity index (χ3n) is 15.5. The number of amides is 1. The molecule has 3 N–H and O–H groups in total. The van der Waals surface area contributed by atoms with Crippen molar-refractivity contribution in [3.05, 3.63) is 24.3 Å². The van der Waals surface area contributed by atoms with Gasteiger partial charge in [0.2, 0.25) is 5.91 Å². The first kappa shape index (κ1) is 71.3. The smallest absolute Gasteiger partial charge is 0.305 e. The van der Waals surface area contributed by atoms with Crippen LogP contribution in [0, 0.1) is 0 Å². The number of aliphatic hydroxyl groups is 2. The Labute approximate surface area is 456 Å². The van der Waals surface area contributed by atoms with E-state index in [-0.39, 0.29) is 18.5 Å². The summed E-state index contributed by atoms with van der Waals surface area (Å²) in [6.07, 6.45) is 77.7. The van der Waals surface area contributed by atoms with Crippen molar-refractivity contribution in [2.45, 2.75) is 379 Å². The normalized spacial score (nSPS) is 12.7. The van der Waals surface area contributed by atoms with Crippen molar-refractivity contribution in [1.82, 2.24) is 5.32 Å². The summed E-state index contributed by atoms with van der Waals surface area (Å²) in [4.78, 5) is 24.6. The van der Waals surface area contributed by atoms with E-state index in [9.17, 15) is 19.8 Å². The summed E-state index contributed by atoms with van der Waals surface area (Å²) in [5.41, 5.74) is 0. The molecule has 0 aliphatic carbocycles. The van der Waals surface area contributed by atoms with Crippen molar-refractivity contribution in [2.24, 2.45) is 0 Å². The van der Waals surface area contributed by atoms with Crippen LogP contribution in [0.1, 0.15) is 367 Å². The summed E-state index contributed by atoms with van der Waals surface area (Å²) in [6, 6.07) is -0.559. The minimum Gasteiger partial charge on any atom is -0.466 e. The van der Waals surface area contributed by atoms with Crippen LogP contribution in [-0.2, 0) is 14.3 Å². The largest absolute Gasteiger partial charge is 0.466 e. The van der Waals surface area contributed by atoms with E-state index < -0.39 is 12.1 Å². The molecule has 2 atom stereocenters. The predicted molar refractivity (Wildman–Crippen MR) is 320 cm³/mol. The highest BCUT2D eigenvalue weighted by atomic mass is 16.5. The second-order valence-electron chi connectivity index (χ2n) is 22.8. The van der Waals surface area contributed by atoms with Gasteiger partial charge in [-0.1, -0.05) is 321 Å². The molecule has 0 rings (SSSR count). The van der Waals surface area contributed by atoms with E-state index in [1.807, 2.05) is 0 Å². The Morgan fingerprint density at radius 2 is 0.671 bits per heavy atom. The fourth-order valence-electron chi connectivity index (χ4n) is 10.5. The highest BCUT2D eigenvalue weighted by molar-refractivity contribution is 5.76. The summed E-state index contributed by atoms with van der Waals surface area (Å²) in [5.74, 6) is -0.0698. The Morgan fingerprint density at radius 3 is 1.01 bits per heavy atom. The second-order valence-corrected chi connectivity index (χ2v) is 22.8. The van der Waals surface area contributed by atoms with E-state index in [0.29, 0.717) is 25.9 Å². The molecule has 0 spiro atoms. The Hall–Kier alpha value is -1.66. The molecule has 1 amide bonds. The maximum Gasteiger partial charge on any atom is 0.305 e. The fourth-order valence-corrected chi connectivity index (χ4v) is 10.5. The van der Waals surface area contributed by atoms with Gasteiger partial charge in [0.05, 0.1) is 25.4 Å². The first-order valence-electron chi connectivity index (χ1n) is 33.1. The Bertz CT molecular complexity index is 1140. The lowest BCUT2D eigenvalue weighted by molar-refractivity contribution is -0.143. The van der Waals surface area contributed by atoms with Gasteiger partial charge in [-0.3, -0.25) is 9.59 Å². The number of nitrogens with one attached hydrogen (secondary N) is 1. The molecule has 0 aliphatic heterocycles. The van der Waals surface area contributed by atoms with Gasteiger partial charge >= 0.3 is 5.97 Å². The number of carbonyl (C=O) groups excluding carboxylic acids is 2. The van der Waals surface area contributed by atoms with Crippen LogP contribution in [0.5, 0.6) is 0 Å². The van der Waals surface area contributed by atoms with Crippen molar-refractivity contribution >= 4 is 11.9 Å². The monoisotopic (exact) mass is 1030 g/mol. The molecule has 0 saturated carbocycles. The van der Waals surface area contributed by atoms with Gasteiger partial charge in [0.1, 0.15) is 0 Å². The molecule has 2 unspecified atom stereocenters. The van der Waals surface area contributed by atoms with Gasteiger partial charge in [0.15, 0.2) is 0 Å². The van der Waals surface area contributed by atoms with Gasteiger partial charge < -0.3 is 20.3 Å². The molecule has 0 aliphatic rings. The van der Waals surface area contributed by atoms with Gasteiger partial charge in [-0.15, -0.1) is 0 Å². The lowest BCUT2D eigenvalue weighted by Crippen LogP contribution is -2.45. The van der Waals surface area contributed by atoms with Gasteiger partial charge in [-0.05, 0) is 57.8 Å². The van der Waals surface area contributed by atoms with Crippen molar-refractivity contribution in [1.29, 1.82) is 0 Å². The van der Waals surface area contributed by atoms with Crippen molar-refractivity contribution < 1.29 is 24.5 Å². The lowest BCUT2D eigenvalue weighted by atomic mass is 10.0. The Kier molecular flexibility index (Phi) is 61.4. The number of unbranched alkanes of at least 4 members (excludes halogenated alkanes) is 48. The van der Waals surface area contributed by atoms with E-state index in [4.69, 9.17) is 4.74 Å². The molecule has 73 heavy (non-hydrogen) atoms. The highest BCUT2D eigenvalue weighted by Crippen LogP contribution is 2.18. The van der Waals surface area contributed by atoms with Gasteiger partial charge in [-0.25, -0.2) is 0 Å². The number of rotatable bonds is 62. The van der Waals surface area contributed by atoms with E-state index in [2.05, 4.69) is 43.5 Å². The van der Waals surface area contributed by atoms with E-state index in [0.717, 1.165) is 77.0 Å². The van der Waals surface area contributed by atoms with Crippen LogP contribution >= 0.6 is 0 Å². The van der Waals surface area contributed by atoms with Crippen molar-refractivity contribution in [3.63, 3.8) is 0 Å². The first-order valence-corrected chi connectivity index (χ1v) is 33.1. The topological polar surface area (TPSA) is 95.9 Å². The maximum atomic E-state index is 12.5. The molecule has 432 valence electrons. The number of allylic oxidation sites excluding steroid dienone is 4. The third-order valence-corrected chi connectivity index (χ3v) is 15.5. The average Bonchev–Trinajstić information content (AvgIpc) is 3.39. The quantitative estimate of drug-likeness (QED) is 0.0320. The van der Waals surface area contributed by atoms with Gasteiger partial charge in [-0.2, -0.15) is 0 Å². The summed E-state index contributed by atoms with van der Waals surface area (Å²) in [7, 11) is 0. The molecule has 0 saturated heterocycles. The van der Waals surface area contributed by atoms with Crippen LogP contribution in [-0.4, -0.2) is 47.4 Å². The molecular formula is C67H129NO5. The zero-order valence-corrected chi connectivity index (χ0v) is 49.4. The van der Waals surface area contributed by atoms with Crippen LogP contribution in [0.15, 0.2) is 24.3 Å². The third kappa shape index (κ3) is 59.4. The summed E-state index contributed by atoms with van der Waals surface area (Å²) in [6.45, 7) is 4.93. The van der Waals surface area contributed by atoms with E-state index in [1.165, 1.54) is 257 Å². The zero-order valence-electron chi connectivity index (χ0n) is 49.4. The molecule has 0 bridgehead atoms. The number of ether oxygens (including phenoxy) is 1. The van der Waals surface area contributed by atoms with Crippen LogP contribution in [0.2, 0.25) is 0 Å². The number of esters is 1. The van der Waals surface area contributed by atoms with Gasteiger partial charge in [0, 0.05) is 12.8 Å². The fraction of sp³-hybridized carbons (Fsp3) is 0.910. The average molecular weight is 1030 g/mol. The molecule has 0 radical (unpaired) electrons. The van der Waals surface area contributed by atoms with Gasteiger partial charge in [0.25, 0.3) is 0 Å². The SMILES string of the molecule is CCCCCCCCCCCCCCCCCCCCCCCCCCC(O)C(CO)NC(=O)CCCCCCCC/C=C\C=C/CCCCCOC(=O)CCCCCCCCCCCCCCCCCCC. The Morgan fingerprint density at radius 1 is 0.384 bits per heavy atom. The molecule has 6 nitrogen and oxygen atoms in total. The number of hydrogen-bond acceptors (Lipinski definition) is 5.